The SMILES string of the molecule is CCCCOC(=O)C(C)(C)O/N=C(/C(=N)OC)C(=O)OC. The first-order valence-corrected chi connectivity index (χ1v) is 6.44. The predicted octanol–water partition coefficient (Wildman–Crippen LogP) is 1.28. The van der Waals surface area contributed by atoms with E-state index in [9.17, 15) is 9.59 Å². The molecule has 0 saturated heterocycles. The van der Waals surface area contributed by atoms with Crippen molar-refractivity contribution in [3.63, 3.8) is 0 Å². The summed E-state index contributed by atoms with van der Waals surface area (Å²) in [7, 11) is 2.33. The lowest BCUT2D eigenvalue weighted by molar-refractivity contribution is -0.168. The number of rotatable bonds is 8. The van der Waals surface area contributed by atoms with Crippen molar-refractivity contribution in [3.8, 4) is 0 Å². The van der Waals surface area contributed by atoms with Crippen LogP contribution in [0.2, 0.25) is 0 Å². The number of nitrogens with zero attached hydrogens (tertiary/aromatic N) is 1. The first kappa shape index (κ1) is 18.9. The molecule has 0 atom stereocenters. The Kier molecular flexibility index (Phi) is 8.03. The van der Waals surface area contributed by atoms with Gasteiger partial charge in [0.25, 0.3) is 0 Å². The normalized spacial score (nSPS) is 11.6. The van der Waals surface area contributed by atoms with E-state index in [1.807, 2.05) is 6.92 Å². The molecule has 0 aromatic heterocycles. The van der Waals surface area contributed by atoms with Crippen LogP contribution in [0.5, 0.6) is 0 Å². The Balaban J connectivity index is 4.87. The summed E-state index contributed by atoms with van der Waals surface area (Å²) in [5.74, 6) is -2.05. The van der Waals surface area contributed by atoms with E-state index in [4.69, 9.17) is 15.0 Å². The molecule has 8 heteroatoms. The predicted molar refractivity (Wildman–Crippen MR) is 75.2 cm³/mol. The number of hydrogen-bond acceptors (Lipinski definition) is 8. The second-order valence-electron chi connectivity index (χ2n) is 4.56. The van der Waals surface area contributed by atoms with Crippen molar-refractivity contribution in [1.82, 2.24) is 0 Å². The van der Waals surface area contributed by atoms with Gasteiger partial charge in [-0.15, -0.1) is 0 Å². The number of hydrogen-bond donors (Lipinski definition) is 1. The van der Waals surface area contributed by atoms with Crippen molar-refractivity contribution in [3.05, 3.63) is 0 Å². The van der Waals surface area contributed by atoms with Gasteiger partial charge < -0.3 is 19.0 Å². The fourth-order valence-electron chi connectivity index (χ4n) is 1.04. The summed E-state index contributed by atoms with van der Waals surface area (Å²) in [5.41, 5.74) is -1.88. The second kappa shape index (κ2) is 8.93. The van der Waals surface area contributed by atoms with Crippen LogP contribution in [0.3, 0.4) is 0 Å². The van der Waals surface area contributed by atoms with E-state index in [0.29, 0.717) is 0 Å². The second-order valence-corrected chi connectivity index (χ2v) is 4.56. The highest BCUT2D eigenvalue weighted by Gasteiger charge is 2.33. The van der Waals surface area contributed by atoms with Crippen LogP contribution in [-0.4, -0.2) is 50.0 Å². The Bertz CT molecular complexity index is 399. The van der Waals surface area contributed by atoms with Gasteiger partial charge in [-0.1, -0.05) is 18.5 Å². The van der Waals surface area contributed by atoms with Crippen LogP contribution in [0, 0.1) is 5.41 Å². The van der Waals surface area contributed by atoms with Gasteiger partial charge in [0.15, 0.2) is 0 Å². The van der Waals surface area contributed by atoms with Crippen LogP contribution in [0.4, 0.5) is 0 Å². The fraction of sp³-hybridized carbons (Fsp3) is 0.692. The van der Waals surface area contributed by atoms with Crippen LogP contribution < -0.4 is 0 Å². The minimum atomic E-state index is -1.40. The van der Waals surface area contributed by atoms with Crippen molar-refractivity contribution in [2.45, 2.75) is 39.2 Å². The average molecular weight is 302 g/mol. The molecule has 0 heterocycles. The fourth-order valence-corrected chi connectivity index (χ4v) is 1.04. The molecule has 0 radical (unpaired) electrons. The molecule has 0 aliphatic heterocycles. The van der Waals surface area contributed by atoms with Crippen molar-refractivity contribution < 1.29 is 28.6 Å². The molecule has 0 saturated carbocycles. The molecule has 0 rings (SSSR count). The van der Waals surface area contributed by atoms with E-state index < -0.39 is 29.1 Å². The van der Waals surface area contributed by atoms with Gasteiger partial charge in [-0.3, -0.25) is 5.41 Å². The van der Waals surface area contributed by atoms with Gasteiger partial charge in [0.1, 0.15) is 0 Å². The number of nitrogens with one attached hydrogen (secondary N) is 1. The van der Waals surface area contributed by atoms with Gasteiger partial charge in [0.2, 0.25) is 17.2 Å². The topological polar surface area (TPSA) is 107 Å². The van der Waals surface area contributed by atoms with Crippen LogP contribution in [0.15, 0.2) is 5.16 Å². The lowest BCUT2D eigenvalue weighted by Crippen LogP contribution is -2.37. The van der Waals surface area contributed by atoms with E-state index in [-0.39, 0.29) is 6.61 Å². The maximum Gasteiger partial charge on any atom is 0.365 e. The standard InChI is InChI=1S/C13H22N2O6/c1-6-7-8-20-12(17)13(2,3)21-15-9(10(14)18-4)11(16)19-5/h14H,6-8H2,1-5H3/b14-10?,15-9-. The maximum absolute atomic E-state index is 11.8. The third kappa shape index (κ3) is 6.24. The summed E-state index contributed by atoms with van der Waals surface area (Å²) in [6, 6.07) is 0. The first-order valence-electron chi connectivity index (χ1n) is 6.44. The van der Waals surface area contributed by atoms with Crippen LogP contribution in [0.25, 0.3) is 0 Å². The smallest absolute Gasteiger partial charge is 0.365 e. The molecule has 21 heavy (non-hydrogen) atoms. The summed E-state index contributed by atoms with van der Waals surface area (Å²) in [6.07, 6.45) is 1.64. The molecular weight excluding hydrogens is 280 g/mol. The zero-order chi connectivity index (χ0) is 16.5. The number of oxime groups is 1. The Hall–Kier alpha value is -2.12. The molecule has 0 aliphatic rings. The number of carbonyl (C=O) groups excluding carboxylic acids is 2. The van der Waals surface area contributed by atoms with Gasteiger partial charge in [-0.05, 0) is 20.3 Å². The van der Waals surface area contributed by atoms with E-state index in [2.05, 4.69) is 14.6 Å². The lowest BCUT2D eigenvalue weighted by Gasteiger charge is -2.20. The summed E-state index contributed by atoms with van der Waals surface area (Å²) in [6.45, 7) is 5.13. The van der Waals surface area contributed by atoms with Crippen LogP contribution in [-0.2, 0) is 28.6 Å². The number of esters is 2. The van der Waals surface area contributed by atoms with Crippen molar-refractivity contribution in [1.29, 1.82) is 5.41 Å². The van der Waals surface area contributed by atoms with E-state index in [1.54, 1.807) is 0 Å². The highest BCUT2D eigenvalue weighted by atomic mass is 16.7. The molecule has 0 aromatic carbocycles. The monoisotopic (exact) mass is 302 g/mol. The maximum atomic E-state index is 11.8. The minimum Gasteiger partial charge on any atom is -0.480 e. The molecule has 1 N–H and O–H groups in total. The molecule has 8 nitrogen and oxygen atoms in total. The Labute approximate surface area is 123 Å². The van der Waals surface area contributed by atoms with Gasteiger partial charge in [-0.2, -0.15) is 0 Å². The third-order valence-corrected chi connectivity index (χ3v) is 2.39. The molecule has 0 aliphatic carbocycles. The molecular formula is C13H22N2O6. The summed E-state index contributed by atoms with van der Waals surface area (Å²) in [5, 5.41) is 10.9. The van der Waals surface area contributed by atoms with Crippen molar-refractivity contribution in [2.75, 3.05) is 20.8 Å². The summed E-state index contributed by atoms with van der Waals surface area (Å²) in [4.78, 5) is 28.3. The van der Waals surface area contributed by atoms with Crippen LogP contribution >= 0.6 is 0 Å². The highest BCUT2D eigenvalue weighted by molar-refractivity contribution is 6.63. The lowest BCUT2D eigenvalue weighted by atomic mass is 10.1. The van der Waals surface area contributed by atoms with Gasteiger partial charge in [0, 0.05) is 0 Å². The van der Waals surface area contributed by atoms with Crippen molar-refractivity contribution >= 4 is 23.5 Å². The number of carbonyl (C=O) groups is 2. The molecule has 0 fully saturated rings. The zero-order valence-electron chi connectivity index (χ0n) is 13.0. The first-order chi connectivity index (χ1) is 9.80. The van der Waals surface area contributed by atoms with E-state index >= 15 is 0 Å². The number of ether oxygens (including phenoxy) is 3. The van der Waals surface area contributed by atoms with Gasteiger partial charge >= 0.3 is 11.9 Å². The number of methoxy groups -OCH3 is 2. The van der Waals surface area contributed by atoms with Crippen LogP contribution in [0.1, 0.15) is 33.6 Å². The van der Waals surface area contributed by atoms with Gasteiger partial charge in [0.05, 0.1) is 20.8 Å². The van der Waals surface area contributed by atoms with E-state index in [1.165, 1.54) is 21.0 Å². The van der Waals surface area contributed by atoms with E-state index in [0.717, 1.165) is 20.0 Å². The third-order valence-electron chi connectivity index (χ3n) is 2.39. The molecule has 0 amide bonds. The molecule has 120 valence electrons. The quantitative estimate of drug-likeness (QED) is 0.238. The Morgan fingerprint density at radius 3 is 2.29 bits per heavy atom. The Morgan fingerprint density at radius 2 is 1.81 bits per heavy atom. The zero-order valence-corrected chi connectivity index (χ0v) is 13.0. The minimum absolute atomic E-state index is 0.281. The molecule has 0 aromatic rings. The highest BCUT2D eigenvalue weighted by Crippen LogP contribution is 2.13. The Morgan fingerprint density at radius 1 is 1.19 bits per heavy atom. The van der Waals surface area contributed by atoms with Gasteiger partial charge in [-0.25, -0.2) is 9.59 Å². The molecule has 0 unspecified atom stereocenters. The average Bonchev–Trinajstić information content (AvgIpc) is 2.46. The number of unbranched alkanes of at least 4 members (excludes halogenated alkanes) is 1. The molecule has 0 spiro atoms. The molecule has 0 bridgehead atoms. The summed E-state index contributed by atoms with van der Waals surface area (Å²) >= 11 is 0. The summed E-state index contributed by atoms with van der Waals surface area (Å²) < 4.78 is 14.1. The van der Waals surface area contributed by atoms with Crippen molar-refractivity contribution in [2.24, 2.45) is 5.16 Å². The largest absolute Gasteiger partial charge is 0.480 e.